The van der Waals surface area contributed by atoms with E-state index in [4.69, 9.17) is 4.74 Å². The van der Waals surface area contributed by atoms with Gasteiger partial charge in [0.15, 0.2) is 11.6 Å². The first-order valence-corrected chi connectivity index (χ1v) is 5.51. The van der Waals surface area contributed by atoms with Crippen molar-refractivity contribution in [2.75, 3.05) is 12.4 Å². The molecule has 0 radical (unpaired) electrons. The van der Waals surface area contributed by atoms with Gasteiger partial charge in [-0.1, -0.05) is 6.07 Å². The van der Waals surface area contributed by atoms with Crippen LogP contribution >= 0.6 is 0 Å². The Morgan fingerprint density at radius 3 is 2.42 bits per heavy atom. The van der Waals surface area contributed by atoms with Gasteiger partial charge in [0.05, 0.1) is 12.7 Å². The minimum absolute atomic E-state index is 0.337. The van der Waals surface area contributed by atoms with Crippen LogP contribution in [-0.4, -0.2) is 13.0 Å². The number of anilines is 1. The van der Waals surface area contributed by atoms with Gasteiger partial charge < -0.3 is 10.1 Å². The number of carbonyl (C=O) groups is 1. The van der Waals surface area contributed by atoms with Crippen LogP contribution in [0.4, 0.5) is 14.5 Å². The van der Waals surface area contributed by atoms with Gasteiger partial charge in [-0.3, -0.25) is 4.79 Å². The highest BCUT2D eigenvalue weighted by Crippen LogP contribution is 2.17. The second-order valence-corrected chi connectivity index (χ2v) is 3.78. The molecular weight excluding hydrogens is 252 g/mol. The Balaban J connectivity index is 2.18. The summed E-state index contributed by atoms with van der Waals surface area (Å²) in [4.78, 5) is 11.8. The molecule has 2 aromatic rings. The lowest BCUT2D eigenvalue weighted by Crippen LogP contribution is -2.14. The van der Waals surface area contributed by atoms with Gasteiger partial charge in [-0.25, -0.2) is 8.78 Å². The summed E-state index contributed by atoms with van der Waals surface area (Å²) in [6.07, 6.45) is 0. The van der Waals surface area contributed by atoms with Crippen molar-refractivity contribution in [3.05, 3.63) is 59.7 Å². The Bertz CT molecular complexity index is 597. The van der Waals surface area contributed by atoms with E-state index in [1.165, 1.54) is 19.2 Å². The van der Waals surface area contributed by atoms with Crippen molar-refractivity contribution >= 4 is 11.6 Å². The molecule has 1 N–H and O–H groups in total. The molecule has 3 nitrogen and oxygen atoms in total. The number of amides is 1. The molecule has 0 atom stereocenters. The molecule has 0 aromatic heterocycles. The van der Waals surface area contributed by atoms with Crippen LogP contribution in [0.2, 0.25) is 0 Å². The Kier molecular flexibility index (Phi) is 3.75. The molecule has 0 fully saturated rings. The van der Waals surface area contributed by atoms with E-state index in [2.05, 4.69) is 5.32 Å². The van der Waals surface area contributed by atoms with Gasteiger partial charge in [-0.05, 0) is 36.4 Å². The van der Waals surface area contributed by atoms with Gasteiger partial charge in [0.1, 0.15) is 5.75 Å². The first kappa shape index (κ1) is 13.0. The Labute approximate surface area is 108 Å². The van der Waals surface area contributed by atoms with Gasteiger partial charge in [0.25, 0.3) is 5.91 Å². The molecule has 0 spiro atoms. The van der Waals surface area contributed by atoms with E-state index < -0.39 is 17.5 Å². The maximum Gasteiger partial charge on any atom is 0.258 e. The second kappa shape index (κ2) is 5.48. The summed E-state index contributed by atoms with van der Waals surface area (Å²) < 4.78 is 31.4. The van der Waals surface area contributed by atoms with Crippen LogP contribution in [0.15, 0.2) is 42.5 Å². The zero-order valence-corrected chi connectivity index (χ0v) is 10.1. The smallest absolute Gasteiger partial charge is 0.258 e. The van der Waals surface area contributed by atoms with E-state index in [0.717, 1.165) is 6.07 Å². The van der Waals surface area contributed by atoms with Gasteiger partial charge in [-0.2, -0.15) is 0 Å². The van der Waals surface area contributed by atoms with E-state index >= 15 is 0 Å². The molecule has 19 heavy (non-hydrogen) atoms. The summed E-state index contributed by atoms with van der Waals surface area (Å²) in [5, 5.41) is 2.48. The van der Waals surface area contributed by atoms with Crippen molar-refractivity contribution in [3.8, 4) is 5.75 Å². The first-order valence-electron chi connectivity index (χ1n) is 5.51. The number of hydrogen-bond donors (Lipinski definition) is 1. The minimum Gasteiger partial charge on any atom is -0.497 e. The summed E-state index contributed by atoms with van der Waals surface area (Å²) in [5.41, 5.74) is 0.130. The number of nitrogens with one attached hydrogen (secondary N) is 1. The molecule has 98 valence electrons. The van der Waals surface area contributed by atoms with E-state index in [1.54, 1.807) is 24.3 Å². The molecule has 0 aliphatic rings. The van der Waals surface area contributed by atoms with Crippen molar-refractivity contribution < 1.29 is 18.3 Å². The number of rotatable bonds is 3. The summed E-state index contributed by atoms with van der Waals surface area (Å²) in [6.45, 7) is 0. The number of ether oxygens (including phenoxy) is 1. The van der Waals surface area contributed by atoms with Crippen molar-refractivity contribution in [1.82, 2.24) is 0 Å². The number of carbonyl (C=O) groups excluding carboxylic acids is 1. The maximum atomic E-state index is 13.4. The Hall–Kier alpha value is -2.43. The molecule has 2 rings (SSSR count). The van der Waals surface area contributed by atoms with E-state index in [0.29, 0.717) is 11.4 Å². The van der Waals surface area contributed by atoms with Crippen LogP contribution in [0.25, 0.3) is 0 Å². The molecule has 0 bridgehead atoms. The summed E-state index contributed by atoms with van der Waals surface area (Å²) in [5.74, 6) is -2.28. The number of hydrogen-bond acceptors (Lipinski definition) is 2. The standard InChI is InChI=1S/C14H11F2NO2/c1-19-10-7-5-9(6-8-10)17-14(18)11-3-2-4-12(15)13(11)16/h2-8H,1H3,(H,17,18). The van der Waals surface area contributed by atoms with Crippen LogP contribution in [0.3, 0.4) is 0 Å². The number of methoxy groups -OCH3 is 1. The SMILES string of the molecule is COc1ccc(NC(=O)c2cccc(F)c2F)cc1. The lowest BCUT2D eigenvalue weighted by Gasteiger charge is -2.07. The topological polar surface area (TPSA) is 38.3 Å². The molecule has 0 aliphatic heterocycles. The first-order chi connectivity index (χ1) is 9.11. The minimum atomic E-state index is -1.16. The average Bonchev–Trinajstić information content (AvgIpc) is 2.42. The summed E-state index contributed by atoms with van der Waals surface area (Å²) in [6, 6.07) is 9.97. The third-order valence-corrected chi connectivity index (χ3v) is 2.54. The number of halogens is 2. The predicted molar refractivity (Wildman–Crippen MR) is 67.3 cm³/mol. The lowest BCUT2D eigenvalue weighted by atomic mass is 10.2. The lowest BCUT2D eigenvalue weighted by molar-refractivity contribution is 0.102. The average molecular weight is 263 g/mol. The van der Waals surface area contributed by atoms with Crippen molar-refractivity contribution in [1.29, 1.82) is 0 Å². The highest BCUT2D eigenvalue weighted by atomic mass is 19.2. The van der Waals surface area contributed by atoms with Crippen molar-refractivity contribution in [2.24, 2.45) is 0 Å². The molecule has 5 heteroatoms. The van der Waals surface area contributed by atoms with Crippen LogP contribution in [0, 0.1) is 11.6 Å². The molecule has 0 unspecified atom stereocenters. The van der Waals surface area contributed by atoms with Crippen LogP contribution in [0.5, 0.6) is 5.75 Å². The molecular formula is C14H11F2NO2. The molecule has 2 aromatic carbocycles. The van der Waals surface area contributed by atoms with E-state index in [1.807, 2.05) is 0 Å². The highest BCUT2D eigenvalue weighted by molar-refractivity contribution is 6.04. The molecule has 0 aliphatic carbocycles. The third-order valence-electron chi connectivity index (χ3n) is 2.54. The van der Waals surface area contributed by atoms with Crippen LogP contribution in [-0.2, 0) is 0 Å². The second-order valence-electron chi connectivity index (χ2n) is 3.78. The largest absolute Gasteiger partial charge is 0.497 e. The Morgan fingerprint density at radius 1 is 1.11 bits per heavy atom. The molecule has 0 saturated carbocycles. The van der Waals surface area contributed by atoms with Gasteiger partial charge in [0.2, 0.25) is 0 Å². The zero-order valence-electron chi connectivity index (χ0n) is 10.1. The van der Waals surface area contributed by atoms with Crippen molar-refractivity contribution in [2.45, 2.75) is 0 Å². The normalized spacial score (nSPS) is 10.1. The van der Waals surface area contributed by atoms with Crippen LogP contribution < -0.4 is 10.1 Å². The predicted octanol–water partition coefficient (Wildman–Crippen LogP) is 3.23. The van der Waals surface area contributed by atoms with Crippen molar-refractivity contribution in [3.63, 3.8) is 0 Å². The Morgan fingerprint density at radius 2 is 1.79 bits per heavy atom. The number of benzene rings is 2. The quantitative estimate of drug-likeness (QED) is 0.923. The maximum absolute atomic E-state index is 13.4. The van der Waals surface area contributed by atoms with E-state index in [-0.39, 0.29) is 5.56 Å². The van der Waals surface area contributed by atoms with Gasteiger partial charge in [-0.15, -0.1) is 0 Å². The molecule has 0 saturated heterocycles. The molecule has 1 amide bonds. The highest BCUT2D eigenvalue weighted by Gasteiger charge is 2.14. The van der Waals surface area contributed by atoms with Gasteiger partial charge in [0, 0.05) is 5.69 Å². The monoisotopic (exact) mass is 263 g/mol. The fourth-order valence-corrected chi connectivity index (χ4v) is 1.55. The van der Waals surface area contributed by atoms with Gasteiger partial charge >= 0.3 is 0 Å². The van der Waals surface area contributed by atoms with E-state index in [9.17, 15) is 13.6 Å². The zero-order chi connectivity index (χ0) is 13.8. The fourth-order valence-electron chi connectivity index (χ4n) is 1.55. The summed E-state index contributed by atoms with van der Waals surface area (Å²) in [7, 11) is 1.52. The fraction of sp³-hybridized carbons (Fsp3) is 0.0714. The summed E-state index contributed by atoms with van der Waals surface area (Å²) >= 11 is 0. The van der Waals surface area contributed by atoms with Crippen LogP contribution in [0.1, 0.15) is 10.4 Å². The molecule has 0 heterocycles. The third kappa shape index (κ3) is 2.88.